The molecule has 0 spiro atoms. The van der Waals surface area contributed by atoms with E-state index in [1.807, 2.05) is 32.0 Å². The van der Waals surface area contributed by atoms with Crippen LogP contribution in [0.5, 0.6) is 0 Å². The summed E-state index contributed by atoms with van der Waals surface area (Å²) in [5.41, 5.74) is 5.05. The quantitative estimate of drug-likeness (QED) is 0.428. The maximum atomic E-state index is 12.4. The molecule has 0 radical (unpaired) electrons. The lowest BCUT2D eigenvalue weighted by Crippen LogP contribution is -2.21. The number of thiophene rings is 1. The van der Waals surface area contributed by atoms with Gasteiger partial charge in [-0.3, -0.25) is 0 Å². The van der Waals surface area contributed by atoms with Gasteiger partial charge in [0.15, 0.2) is 5.11 Å². The van der Waals surface area contributed by atoms with Crippen LogP contribution in [0.4, 0.5) is 10.7 Å². The molecule has 3 rings (SSSR count). The zero-order valence-electron chi connectivity index (χ0n) is 15.4. The number of carbonyl (C=O) groups is 1. The molecule has 1 aromatic carbocycles. The number of rotatable bonds is 3. The summed E-state index contributed by atoms with van der Waals surface area (Å²) in [6, 6.07) is 6.12. The molecule has 1 aliphatic carbocycles. The van der Waals surface area contributed by atoms with Crippen LogP contribution in [0.2, 0.25) is 0 Å². The molecule has 138 valence electrons. The Labute approximate surface area is 164 Å². The third-order valence-electron chi connectivity index (χ3n) is 4.76. The second kappa shape index (κ2) is 8.18. The Morgan fingerprint density at radius 1 is 1.12 bits per heavy atom. The van der Waals surface area contributed by atoms with Crippen molar-refractivity contribution in [2.75, 3.05) is 17.7 Å². The zero-order valence-corrected chi connectivity index (χ0v) is 17.0. The van der Waals surface area contributed by atoms with E-state index in [4.69, 9.17) is 17.0 Å². The molecule has 6 heteroatoms. The van der Waals surface area contributed by atoms with E-state index >= 15 is 0 Å². The molecule has 1 aliphatic rings. The van der Waals surface area contributed by atoms with Gasteiger partial charge in [-0.1, -0.05) is 24.6 Å². The minimum absolute atomic E-state index is 0.290. The summed E-state index contributed by atoms with van der Waals surface area (Å²) in [7, 11) is 1.43. The Kier molecular flexibility index (Phi) is 5.94. The van der Waals surface area contributed by atoms with Crippen molar-refractivity contribution >= 4 is 45.3 Å². The normalized spacial score (nSPS) is 13.5. The first-order valence-electron chi connectivity index (χ1n) is 8.88. The highest BCUT2D eigenvalue weighted by Crippen LogP contribution is 2.38. The van der Waals surface area contributed by atoms with E-state index < -0.39 is 0 Å². The van der Waals surface area contributed by atoms with Crippen LogP contribution in [-0.2, 0) is 17.6 Å². The van der Waals surface area contributed by atoms with Crippen molar-refractivity contribution in [2.24, 2.45) is 0 Å². The van der Waals surface area contributed by atoms with Gasteiger partial charge in [0.25, 0.3) is 0 Å². The molecule has 1 heterocycles. The Hall–Kier alpha value is -1.92. The maximum Gasteiger partial charge on any atom is 0.341 e. The Bertz CT molecular complexity index is 822. The summed E-state index contributed by atoms with van der Waals surface area (Å²) in [5, 5.41) is 7.80. The summed E-state index contributed by atoms with van der Waals surface area (Å²) in [6.07, 6.45) is 5.42. The van der Waals surface area contributed by atoms with Gasteiger partial charge in [0, 0.05) is 10.6 Å². The van der Waals surface area contributed by atoms with E-state index in [1.54, 1.807) is 11.3 Å². The number of methoxy groups -OCH3 is 1. The van der Waals surface area contributed by atoms with Crippen LogP contribution in [0.25, 0.3) is 0 Å². The van der Waals surface area contributed by atoms with Crippen LogP contribution in [0.3, 0.4) is 0 Å². The largest absolute Gasteiger partial charge is 0.465 e. The Morgan fingerprint density at radius 2 is 1.81 bits per heavy atom. The van der Waals surface area contributed by atoms with Crippen LogP contribution < -0.4 is 10.6 Å². The van der Waals surface area contributed by atoms with Crippen molar-refractivity contribution in [3.8, 4) is 0 Å². The Balaban J connectivity index is 1.87. The first-order chi connectivity index (χ1) is 12.5. The number of aryl methyl sites for hydroxylation is 3. The SMILES string of the molecule is COC(=O)c1c(NC(=S)Nc2c(C)cccc2C)sc2c1CCCCC2. The van der Waals surface area contributed by atoms with Gasteiger partial charge < -0.3 is 15.4 Å². The first kappa shape index (κ1) is 18.9. The minimum Gasteiger partial charge on any atom is -0.465 e. The summed E-state index contributed by atoms with van der Waals surface area (Å²) < 4.78 is 5.04. The molecule has 0 saturated carbocycles. The number of para-hydroxylation sites is 1. The molecule has 0 fully saturated rings. The lowest BCUT2D eigenvalue weighted by molar-refractivity contribution is 0.0601. The molecule has 0 bridgehead atoms. The molecule has 26 heavy (non-hydrogen) atoms. The van der Waals surface area contributed by atoms with Gasteiger partial charge in [-0.15, -0.1) is 11.3 Å². The number of ether oxygens (including phenoxy) is 1. The van der Waals surface area contributed by atoms with Gasteiger partial charge in [0.1, 0.15) is 5.00 Å². The average Bonchev–Trinajstić information content (AvgIpc) is 2.78. The molecule has 2 N–H and O–H groups in total. The highest BCUT2D eigenvalue weighted by atomic mass is 32.1. The fourth-order valence-electron chi connectivity index (χ4n) is 3.41. The van der Waals surface area contributed by atoms with Crippen molar-refractivity contribution in [1.29, 1.82) is 0 Å². The number of hydrogen-bond acceptors (Lipinski definition) is 4. The van der Waals surface area contributed by atoms with Crippen molar-refractivity contribution in [3.05, 3.63) is 45.3 Å². The van der Waals surface area contributed by atoms with Crippen molar-refractivity contribution in [3.63, 3.8) is 0 Å². The topological polar surface area (TPSA) is 50.4 Å². The number of esters is 1. The number of carbonyl (C=O) groups excluding carboxylic acids is 1. The van der Waals surface area contributed by atoms with Crippen LogP contribution >= 0.6 is 23.6 Å². The molecular weight excluding hydrogens is 364 g/mol. The van der Waals surface area contributed by atoms with Crippen LogP contribution in [0.1, 0.15) is 51.2 Å². The molecule has 4 nitrogen and oxygen atoms in total. The predicted octanol–water partition coefficient (Wildman–Crippen LogP) is 5.23. The third-order valence-corrected chi connectivity index (χ3v) is 6.17. The highest BCUT2D eigenvalue weighted by molar-refractivity contribution is 7.80. The fraction of sp³-hybridized carbons (Fsp3) is 0.400. The van der Waals surface area contributed by atoms with Gasteiger partial charge >= 0.3 is 5.97 Å². The smallest absolute Gasteiger partial charge is 0.341 e. The molecule has 0 unspecified atom stereocenters. The van der Waals surface area contributed by atoms with Gasteiger partial charge in [-0.25, -0.2) is 4.79 Å². The summed E-state index contributed by atoms with van der Waals surface area (Å²) in [6.45, 7) is 4.09. The molecule has 2 aromatic rings. The first-order valence-corrected chi connectivity index (χ1v) is 10.1. The minimum atomic E-state index is -0.290. The molecular formula is C20H24N2O2S2. The van der Waals surface area contributed by atoms with Crippen molar-refractivity contribution in [2.45, 2.75) is 46.0 Å². The zero-order chi connectivity index (χ0) is 18.7. The predicted molar refractivity (Wildman–Crippen MR) is 113 cm³/mol. The molecule has 0 aliphatic heterocycles. The molecule has 0 saturated heterocycles. The van der Waals surface area contributed by atoms with E-state index in [-0.39, 0.29) is 5.97 Å². The maximum absolute atomic E-state index is 12.4. The lowest BCUT2D eigenvalue weighted by atomic mass is 10.1. The second-order valence-electron chi connectivity index (χ2n) is 6.61. The summed E-state index contributed by atoms with van der Waals surface area (Å²) in [4.78, 5) is 13.7. The highest BCUT2D eigenvalue weighted by Gasteiger charge is 2.25. The number of benzene rings is 1. The molecule has 0 atom stereocenters. The van der Waals surface area contributed by atoms with E-state index in [0.29, 0.717) is 10.7 Å². The van der Waals surface area contributed by atoms with Crippen molar-refractivity contribution in [1.82, 2.24) is 0 Å². The summed E-state index contributed by atoms with van der Waals surface area (Å²) in [5.74, 6) is -0.290. The van der Waals surface area contributed by atoms with Crippen LogP contribution in [0, 0.1) is 13.8 Å². The number of fused-ring (bicyclic) bond motifs is 1. The monoisotopic (exact) mass is 388 g/mol. The number of nitrogens with one attached hydrogen (secondary N) is 2. The van der Waals surface area contributed by atoms with Gasteiger partial charge in [0.05, 0.1) is 12.7 Å². The third kappa shape index (κ3) is 3.91. The van der Waals surface area contributed by atoms with Gasteiger partial charge in [-0.2, -0.15) is 0 Å². The average molecular weight is 389 g/mol. The number of anilines is 2. The number of hydrogen-bond donors (Lipinski definition) is 2. The lowest BCUT2D eigenvalue weighted by Gasteiger charge is -2.15. The van der Waals surface area contributed by atoms with E-state index in [0.717, 1.165) is 46.6 Å². The number of thiocarbonyl (C=S) groups is 1. The fourth-order valence-corrected chi connectivity index (χ4v) is 4.96. The van der Waals surface area contributed by atoms with Crippen LogP contribution in [-0.4, -0.2) is 18.2 Å². The van der Waals surface area contributed by atoms with Crippen LogP contribution in [0.15, 0.2) is 18.2 Å². The molecule has 1 aromatic heterocycles. The molecule has 0 amide bonds. The van der Waals surface area contributed by atoms with E-state index in [1.165, 1.54) is 24.8 Å². The van der Waals surface area contributed by atoms with E-state index in [9.17, 15) is 4.79 Å². The van der Waals surface area contributed by atoms with Gasteiger partial charge in [0.2, 0.25) is 0 Å². The van der Waals surface area contributed by atoms with Crippen molar-refractivity contribution < 1.29 is 9.53 Å². The second-order valence-corrected chi connectivity index (χ2v) is 8.12. The van der Waals surface area contributed by atoms with E-state index in [2.05, 4.69) is 10.6 Å². The Morgan fingerprint density at radius 3 is 2.50 bits per heavy atom. The standard InChI is InChI=1S/C20H24N2O2S2/c1-12-8-7-9-13(2)17(12)21-20(25)22-18-16(19(23)24-3)14-10-5-4-6-11-15(14)26-18/h7-9H,4-6,10-11H2,1-3H3,(H2,21,22,25). The summed E-state index contributed by atoms with van der Waals surface area (Å²) >= 11 is 7.15. The van der Waals surface area contributed by atoms with Gasteiger partial charge in [-0.05, 0) is 68.4 Å².